The third kappa shape index (κ3) is 6.57. The van der Waals surface area contributed by atoms with Crippen molar-refractivity contribution in [3.05, 3.63) is 89.5 Å². The van der Waals surface area contributed by atoms with E-state index in [9.17, 15) is 14.4 Å². The quantitative estimate of drug-likeness (QED) is 0.412. The molecule has 1 atom stereocenters. The van der Waals surface area contributed by atoms with Gasteiger partial charge in [-0.05, 0) is 47.5 Å². The number of nitrogens with zero attached hydrogens (tertiary/aromatic N) is 3. The molecule has 1 unspecified atom stereocenters. The summed E-state index contributed by atoms with van der Waals surface area (Å²) in [6, 6.07) is 22.9. The van der Waals surface area contributed by atoms with E-state index < -0.39 is 12.0 Å². The van der Waals surface area contributed by atoms with E-state index in [1.54, 1.807) is 52.3 Å². The second-order valence-corrected chi connectivity index (χ2v) is 9.50. The Bertz CT molecular complexity index is 1420. The van der Waals surface area contributed by atoms with Crippen molar-refractivity contribution in [3.63, 3.8) is 0 Å². The van der Waals surface area contributed by atoms with Crippen LogP contribution in [0, 0.1) is 11.3 Å². The van der Waals surface area contributed by atoms with Gasteiger partial charge in [-0.25, -0.2) is 0 Å². The highest BCUT2D eigenvalue weighted by molar-refractivity contribution is 5.96. The third-order valence-electron chi connectivity index (χ3n) is 6.72. The number of amides is 2. The molecule has 2 aliphatic rings. The molecule has 0 radical (unpaired) electrons. The van der Waals surface area contributed by atoms with Gasteiger partial charge in [0.15, 0.2) is 11.5 Å². The lowest BCUT2D eigenvalue weighted by Crippen LogP contribution is -2.53. The van der Waals surface area contributed by atoms with Crippen LogP contribution in [-0.4, -0.2) is 55.7 Å². The van der Waals surface area contributed by atoms with Crippen molar-refractivity contribution in [1.82, 2.24) is 10.2 Å². The molecule has 204 valence electrons. The Morgan fingerprint density at radius 3 is 2.52 bits per heavy atom. The van der Waals surface area contributed by atoms with Crippen LogP contribution in [0.3, 0.4) is 0 Å². The summed E-state index contributed by atoms with van der Waals surface area (Å²) >= 11 is 0. The number of carbonyl (C=O) groups excluding carboxylic acids is 3. The van der Waals surface area contributed by atoms with Crippen molar-refractivity contribution in [2.24, 2.45) is 0 Å². The van der Waals surface area contributed by atoms with Gasteiger partial charge in [-0.2, -0.15) is 5.26 Å². The number of nitrogens with one attached hydrogen (secondary N) is 1. The first-order valence-electron chi connectivity index (χ1n) is 12.9. The fourth-order valence-corrected chi connectivity index (χ4v) is 4.63. The van der Waals surface area contributed by atoms with Gasteiger partial charge < -0.3 is 24.4 Å². The number of carbonyl (C=O) groups is 3. The lowest BCUT2D eigenvalue weighted by molar-refractivity contribution is -0.145. The molecule has 0 saturated carbocycles. The molecule has 1 N–H and O–H groups in total. The summed E-state index contributed by atoms with van der Waals surface area (Å²) in [6.07, 6.45) is -0.0797. The Kier molecular flexibility index (Phi) is 8.23. The second kappa shape index (κ2) is 12.3. The molecule has 0 bridgehead atoms. The van der Waals surface area contributed by atoms with E-state index in [0.29, 0.717) is 41.4 Å². The summed E-state index contributed by atoms with van der Waals surface area (Å²) in [5, 5.41) is 11.9. The Labute approximate surface area is 231 Å². The minimum atomic E-state index is -0.666. The average molecular weight is 541 g/mol. The number of fused-ring (bicyclic) bond motifs is 1. The molecule has 10 nitrogen and oxygen atoms in total. The molecule has 5 rings (SSSR count). The Morgan fingerprint density at radius 2 is 1.77 bits per heavy atom. The molecular formula is C30H28N4O6. The van der Waals surface area contributed by atoms with Gasteiger partial charge in [-0.15, -0.1) is 0 Å². The summed E-state index contributed by atoms with van der Waals surface area (Å²) in [5.74, 6) is 0.217. The predicted molar refractivity (Wildman–Crippen MR) is 144 cm³/mol. The summed E-state index contributed by atoms with van der Waals surface area (Å²) in [6.45, 7) is 1.21. The highest BCUT2D eigenvalue weighted by atomic mass is 16.7. The Hall–Kier alpha value is -4.88. The molecule has 3 aromatic rings. The van der Waals surface area contributed by atoms with E-state index >= 15 is 0 Å². The Morgan fingerprint density at radius 1 is 1.00 bits per heavy atom. The lowest BCUT2D eigenvalue weighted by Gasteiger charge is -2.34. The number of anilines is 1. The molecule has 0 aliphatic carbocycles. The van der Waals surface area contributed by atoms with E-state index in [0.717, 1.165) is 5.56 Å². The molecule has 2 aliphatic heterocycles. The van der Waals surface area contributed by atoms with Gasteiger partial charge in [0.25, 0.3) is 0 Å². The van der Waals surface area contributed by atoms with Gasteiger partial charge in [-0.1, -0.05) is 36.4 Å². The largest absolute Gasteiger partial charge is 0.461 e. The maximum atomic E-state index is 13.1. The molecular weight excluding hydrogens is 512 g/mol. The highest BCUT2D eigenvalue weighted by Gasteiger charge is 2.28. The van der Waals surface area contributed by atoms with Crippen LogP contribution < -0.4 is 19.7 Å². The molecule has 1 fully saturated rings. The van der Waals surface area contributed by atoms with Crippen LogP contribution in [0.1, 0.15) is 29.2 Å². The summed E-state index contributed by atoms with van der Waals surface area (Å²) < 4.78 is 16.3. The number of rotatable bonds is 9. The first-order valence-corrected chi connectivity index (χ1v) is 12.9. The Balaban J connectivity index is 1.21. The maximum absolute atomic E-state index is 13.1. The monoisotopic (exact) mass is 540 g/mol. The van der Waals surface area contributed by atoms with E-state index in [4.69, 9.17) is 19.5 Å². The average Bonchev–Trinajstić information content (AvgIpc) is 3.45. The van der Waals surface area contributed by atoms with Crippen LogP contribution in [0.15, 0.2) is 72.8 Å². The van der Waals surface area contributed by atoms with E-state index in [1.807, 2.05) is 30.3 Å². The van der Waals surface area contributed by atoms with Gasteiger partial charge in [-0.3, -0.25) is 19.3 Å². The summed E-state index contributed by atoms with van der Waals surface area (Å²) in [7, 11) is 0. The number of piperazine rings is 1. The number of benzene rings is 3. The van der Waals surface area contributed by atoms with Gasteiger partial charge in [0.05, 0.1) is 37.2 Å². The normalized spacial score (nSPS) is 15.3. The van der Waals surface area contributed by atoms with Crippen molar-refractivity contribution >= 4 is 23.5 Å². The predicted octanol–water partition coefficient (Wildman–Crippen LogP) is 2.93. The fourth-order valence-electron chi connectivity index (χ4n) is 4.63. The first-order chi connectivity index (χ1) is 19.5. The maximum Gasteiger partial charge on any atom is 0.308 e. The molecule has 0 aromatic heterocycles. The van der Waals surface area contributed by atoms with E-state index in [2.05, 4.69) is 11.4 Å². The smallest absolute Gasteiger partial charge is 0.308 e. The van der Waals surface area contributed by atoms with Gasteiger partial charge in [0.1, 0.15) is 6.61 Å². The SMILES string of the molecule is N#Cc1ccc(N2CCN(CC(=O)NC(CC(=O)OCc3ccccc3)c3ccc4c(c3)OCO4)CC2=O)cc1. The standard InChI is InChI=1S/C30H28N4O6/c31-16-21-6-9-24(10-7-21)34-13-12-33(18-29(34)36)17-28(35)32-25(23-8-11-26-27(14-23)40-20-39-26)15-30(37)38-19-22-4-2-1-3-5-22/h1-11,14,25H,12-13,15,17-20H2,(H,32,35). The number of hydrogen-bond donors (Lipinski definition) is 1. The number of ether oxygens (including phenoxy) is 3. The summed E-state index contributed by atoms with van der Waals surface area (Å²) in [5.41, 5.74) is 2.78. The third-order valence-corrected chi connectivity index (χ3v) is 6.72. The van der Waals surface area contributed by atoms with Crippen molar-refractivity contribution in [2.45, 2.75) is 19.1 Å². The van der Waals surface area contributed by atoms with Gasteiger partial charge in [0, 0.05) is 18.8 Å². The molecule has 2 amide bonds. The number of hydrogen-bond acceptors (Lipinski definition) is 8. The van der Waals surface area contributed by atoms with E-state index in [-0.39, 0.29) is 44.7 Å². The first kappa shape index (κ1) is 26.7. The number of esters is 1. The van der Waals surface area contributed by atoms with Crippen molar-refractivity contribution < 1.29 is 28.6 Å². The van der Waals surface area contributed by atoms with E-state index in [1.165, 1.54) is 0 Å². The molecule has 3 aromatic carbocycles. The highest BCUT2D eigenvalue weighted by Crippen LogP contribution is 2.35. The minimum absolute atomic E-state index is 0.00688. The second-order valence-electron chi connectivity index (χ2n) is 9.50. The van der Waals surface area contributed by atoms with Gasteiger partial charge in [0.2, 0.25) is 18.6 Å². The van der Waals surface area contributed by atoms with Crippen molar-refractivity contribution in [3.8, 4) is 17.6 Å². The van der Waals surface area contributed by atoms with Crippen LogP contribution in [0.5, 0.6) is 11.5 Å². The van der Waals surface area contributed by atoms with Crippen LogP contribution in [0.25, 0.3) is 0 Å². The molecule has 1 saturated heterocycles. The fraction of sp³-hybridized carbons (Fsp3) is 0.267. The topological polar surface area (TPSA) is 121 Å². The van der Waals surface area contributed by atoms with Crippen LogP contribution >= 0.6 is 0 Å². The van der Waals surface area contributed by atoms with Crippen LogP contribution in [-0.2, 0) is 25.7 Å². The van der Waals surface area contributed by atoms with Crippen molar-refractivity contribution in [1.29, 1.82) is 5.26 Å². The van der Waals surface area contributed by atoms with Gasteiger partial charge >= 0.3 is 5.97 Å². The molecule has 10 heteroatoms. The molecule has 0 spiro atoms. The van der Waals surface area contributed by atoms with Crippen LogP contribution in [0.4, 0.5) is 5.69 Å². The zero-order valence-electron chi connectivity index (χ0n) is 21.7. The minimum Gasteiger partial charge on any atom is -0.461 e. The zero-order chi connectivity index (χ0) is 27.9. The summed E-state index contributed by atoms with van der Waals surface area (Å²) in [4.78, 5) is 42.1. The molecule has 40 heavy (non-hydrogen) atoms. The number of nitriles is 1. The zero-order valence-corrected chi connectivity index (χ0v) is 21.7. The lowest BCUT2D eigenvalue weighted by atomic mass is 10.0. The van der Waals surface area contributed by atoms with Crippen LogP contribution in [0.2, 0.25) is 0 Å². The molecule has 2 heterocycles. The van der Waals surface area contributed by atoms with Crippen molar-refractivity contribution in [2.75, 3.05) is 37.9 Å².